The second kappa shape index (κ2) is 9.20. The smallest absolute Gasteiger partial charge is 0.222 e. The summed E-state index contributed by atoms with van der Waals surface area (Å²) in [5.41, 5.74) is 0.835. The van der Waals surface area contributed by atoms with Crippen LogP contribution in [0.1, 0.15) is 49.5 Å². The monoisotopic (exact) mass is 423 g/mol. The topological polar surface area (TPSA) is 47.6 Å². The van der Waals surface area contributed by atoms with Crippen LogP contribution in [0, 0.1) is 11.6 Å². The van der Waals surface area contributed by atoms with Crippen LogP contribution in [0.25, 0.3) is 0 Å². The van der Waals surface area contributed by atoms with Crippen LogP contribution >= 0.6 is 11.6 Å². The second-order valence-electron chi connectivity index (χ2n) is 7.60. The average molecular weight is 424 g/mol. The highest BCUT2D eigenvalue weighted by atomic mass is 35.5. The van der Waals surface area contributed by atoms with E-state index < -0.39 is 23.3 Å². The molecule has 1 amide bonds. The van der Waals surface area contributed by atoms with Gasteiger partial charge in [-0.1, -0.05) is 29.8 Å². The number of ether oxygens (including phenoxy) is 2. The molecule has 1 N–H and O–H groups in total. The fourth-order valence-corrected chi connectivity index (χ4v) is 3.80. The summed E-state index contributed by atoms with van der Waals surface area (Å²) in [4.78, 5) is 12.3. The molecule has 3 atom stereocenters. The van der Waals surface area contributed by atoms with Crippen LogP contribution in [0.4, 0.5) is 8.78 Å². The first-order valence-electron chi connectivity index (χ1n) is 9.45. The van der Waals surface area contributed by atoms with E-state index in [1.807, 2.05) is 19.1 Å². The normalized spacial score (nSPS) is 24.3. The summed E-state index contributed by atoms with van der Waals surface area (Å²) < 4.78 is 38.4. The van der Waals surface area contributed by atoms with Crippen molar-refractivity contribution in [2.24, 2.45) is 0 Å². The SMILES string of the molecule is COCCC(=O)N[C@@]1(C)C[C@@H](c2ccc(Cl)cc2)O[C@@H](c2ccc(F)c(F)c2)C1. The first-order valence-corrected chi connectivity index (χ1v) is 9.83. The Bertz CT molecular complexity index is 862. The van der Waals surface area contributed by atoms with Gasteiger partial charge in [-0.05, 0) is 42.3 Å². The number of nitrogens with one attached hydrogen (secondary N) is 1. The van der Waals surface area contributed by atoms with Gasteiger partial charge < -0.3 is 14.8 Å². The summed E-state index contributed by atoms with van der Waals surface area (Å²) in [5, 5.41) is 3.68. The molecule has 0 unspecified atom stereocenters. The summed E-state index contributed by atoms with van der Waals surface area (Å²) in [7, 11) is 1.54. The minimum Gasteiger partial charge on any atom is -0.384 e. The predicted octanol–water partition coefficient (Wildman–Crippen LogP) is 5.12. The Balaban J connectivity index is 1.88. The first-order chi connectivity index (χ1) is 13.8. The van der Waals surface area contributed by atoms with Crippen molar-refractivity contribution in [1.82, 2.24) is 5.32 Å². The molecule has 0 aliphatic carbocycles. The van der Waals surface area contributed by atoms with Crippen molar-refractivity contribution >= 4 is 17.5 Å². The third-order valence-electron chi connectivity index (χ3n) is 5.13. The van der Waals surface area contributed by atoms with E-state index in [9.17, 15) is 13.6 Å². The van der Waals surface area contributed by atoms with E-state index in [4.69, 9.17) is 21.1 Å². The van der Waals surface area contributed by atoms with E-state index >= 15 is 0 Å². The zero-order valence-electron chi connectivity index (χ0n) is 16.4. The van der Waals surface area contributed by atoms with Gasteiger partial charge in [0.05, 0.1) is 18.8 Å². The summed E-state index contributed by atoms with van der Waals surface area (Å²) >= 11 is 5.99. The highest BCUT2D eigenvalue weighted by molar-refractivity contribution is 6.30. The molecule has 3 rings (SSSR count). The van der Waals surface area contributed by atoms with Gasteiger partial charge in [-0.25, -0.2) is 8.78 Å². The summed E-state index contributed by atoms with van der Waals surface area (Å²) in [6.45, 7) is 2.27. The van der Waals surface area contributed by atoms with Crippen LogP contribution in [0.15, 0.2) is 42.5 Å². The molecule has 0 bridgehead atoms. The maximum atomic E-state index is 13.8. The number of halogens is 3. The minimum absolute atomic E-state index is 0.129. The van der Waals surface area contributed by atoms with Gasteiger partial charge in [0.25, 0.3) is 0 Å². The van der Waals surface area contributed by atoms with Crippen molar-refractivity contribution < 1.29 is 23.0 Å². The molecule has 1 aliphatic heterocycles. The quantitative estimate of drug-likeness (QED) is 0.701. The molecule has 1 saturated heterocycles. The minimum atomic E-state index is -0.925. The van der Waals surface area contributed by atoms with Gasteiger partial charge in [-0.15, -0.1) is 0 Å². The summed E-state index contributed by atoms with van der Waals surface area (Å²) in [6, 6.07) is 11.0. The first kappa shape index (κ1) is 21.7. The zero-order chi connectivity index (χ0) is 21.0. The number of amides is 1. The highest BCUT2D eigenvalue weighted by Crippen LogP contribution is 2.44. The van der Waals surface area contributed by atoms with Gasteiger partial charge in [0.15, 0.2) is 11.6 Å². The van der Waals surface area contributed by atoms with Gasteiger partial charge in [-0.2, -0.15) is 0 Å². The highest BCUT2D eigenvalue weighted by Gasteiger charge is 2.40. The van der Waals surface area contributed by atoms with Crippen molar-refractivity contribution in [3.05, 3.63) is 70.2 Å². The average Bonchev–Trinajstić information content (AvgIpc) is 2.68. The molecule has 0 spiro atoms. The van der Waals surface area contributed by atoms with Gasteiger partial charge in [0, 0.05) is 36.9 Å². The van der Waals surface area contributed by atoms with Crippen LogP contribution in [0.5, 0.6) is 0 Å². The molecular formula is C22H24ClF2NO3. The van der Waals surface area contributed by atoms with Gasteiger partial charge in [0.1, 0.15) is 0 Å². The van der Waals surface area contributed by atoms with Gasteiger partial charge in [-0.3, -0.25) is 4.79 Å². The van der Waals surface area contributed by atoms with Gasteiger partial charge in [0.2, 0.25) is 5.91 Å². The number of hydrogen-bond acceptors (Lipinski definition) is 3. The van der Waals surface area contributed by atoms with Crippen molar-refractivity contribution in [3.63, 3.8) is 0 Å². The van der Waals surface area contributed by atoms with Crippen LogP contribution in [0.3, 0.4) is 0 Å². The van der Waals surface area contributed by atoms with Gasteiger partial charge >= 0.3 is 0 Å². The Morgan fingerprint density at radius 3 is 2.38 bits per heavy atom. The number of benzene rings is 2. The van der Waals surface area contributed by atoms with E-state index in [-0.39, 0.29) is 18.4 Å². The Kier molecular flexibility index (Phi) is 6.88. The predicted molar refractivity (Wildman–Crippen MR) is 107 cm³/mol. The molecular weight excluding hydrogens is 400 g/mol. The Morgan fingerprint density at radius 2 is 1.76 bits per heavy atom. The molecule has 0 radical (unpaired) electrons. The molecule has 2 aromatic rings. The molecule has 1 fully saturated rings. The molecule has 1 aliphatic rings. The Hall–Kier alpha value is -2.02. The number of hydrogen-bond donors (Lipinski definition) is 1. The van der Waals surface area contributed by atoms with Crippen molar-refractivity contribution in [2.75, 3.05) is 13.7 Å². The Labute approximate surface area is 174 Å². The summed E-state index contributed by atoms with van der Waals surface area (Å²) in [5.74, 6) is -1.96. The van der Waals surface area contributed by atoms with Crippen molar-refractivity contribution in [1.29, 1.82) is 0 Å². The third-order valence-corrected chi connectivity index (χ3v) is 5.38. The van der Waals surface area contributed by atoms with E-state index in [1.165, 1.54) is 6.07 Å². The third kappa shape index (κ3) is 5.53. The lowest BCUT2D eigenvalue weighted by atomic mass is 9.81. The van der Waals surface area contributed by atoms with E-state index in [0.717, 1.165) is 17.7 Å². The maximum absolute atomic E-state index is 13.8. The molecule has 7 heteroatoms. The number of methoxy groups -OCH3 is 1. The fraction of sp³-hybridized carbons (Fsp3) is 0.409. The number of carbonyl (C=O) groups is 1. The van der Waals surface area contributed by atoms with E-state index in [1.54, 1.807) is 19.2 Å². The molecule has 0 aromatic heterocycles. The van der Waals surface area contributed by atoms with Crippen molar-refractivity contribution in [3.8, 4) is 0 Å². The molecule has 156 valence electrons. The molecule has 0 saturated carbocycles. The molecule has 4 nitrogen and oxygen atoms in total. The number of rotatable bonds is 6. The summed E-state index contributed by atoms with van der Waals surface area (Å²) in [6.07, 6.45) is 0.363. The van der Waals surface area contributed by atoms with Crippen LogP contribution in [-0.4, -0.2) is 25.2 Å². The van der Waals surface area contributed by atoms with Crippen molar-refractivity contribution in [2.45, 2.75) is 43.9 Å². The molecule has 29 heavy (non-hydrogen) atoms. The lowest BCUT2D eigenvalue weighted by molar-refractivity contribution is -0.129. The maximum Gasteiger partial charge on any atom is 0.222 e. The largest absolute Gasteiger partial charge is 0.384 e. The molecule has 1 heterocycles. The van der Waals surface area contributed by atoms with E-state index in [0.29, 0.717) is 30.0 Å². The zero-order valence-corrected chi connectivity index (χ0v) is 17.1. The van der Waals surface area contributed by atoms with E-state index in [2.05, 4.69) is 5.32 Å². The lowest BCUT2D eigenvalue weighted by Crippen LogP contribution is -2.51. The van der Waals surface area contributed by atoms with Crippen LogP contribution in [0.2, 0.25) is 5.02 Å². The number of carbonyl (C=O) groups excluding carboxylic acids is 1. The van der Waals surface area contributed by atoms with Crippen LogP contribution < -0.4 is 5.32 Å². The fourth-order valence-electron chi connectivity index (χ4n) is 3.68. The lowest BCUT2D eigenvalue weighted by Gasteiger charge is -2.43. The molecule has 2 aromatic carbocycles. The Morgan fingerprint density at radius 1 is 1.14 bits per heavy atom. The standard InChI is InChI=1S/C22H24ClF2NO3/c1-22(26-21(27)9-10-28-2)12-19(14-3-6-16(23)7-4-14)29-20(13-22)15-5-8-17(24)18(25)11-15/h3-8,11,19-20H,9-10,12-13H2,1-2H3,(H,26,27)/t19-,20+,22-/m0/s1. The van der Waals surface area contributed by atoms with Crippen LogP contribution in [-0.2, 0) is 14.3 Å². The second-order valence-corrected chi connectivity index (χ2v) is 8.03.